The van der Waals surface area contributed by atoms with Gasteiger partial charge in [0, 0.05) is 51.7 Å². The van der Waals surface area contributed by atoms with E-state index in [2.05, 4.69) is 34.4 Å². The first-order chi connectivity index (χ1) is 12.4. The minimum atomic E-state index is 0. The van der Waals surface area contributed by atoms with Gasteiger partial charge >= 0.3 is 0 Å². The number of aliphatic imine (C=N–C) groups is 1. The van der Waals surface area contributed by atoms with E-state index in [0.29, 0.717) is 6.04 Å². The number of nitrogens with zero attached hydrogens (tertiary/aromatic N) is 3. The Morgan fingerprint density at radius 1 is 1.19 bits per heavy atom. The molecule has 2 aliphatic rings. The molecule has 27 heavy (non-hydrogen) atoms. The van der Waals surface area contributed by atoms with Crippen molar-refractivity contribution in [3.63, 3.8) is 0 Å². The van der Waals surface area contributed by atoms with Crippen LogP contribution in [0.25, 0.3) is 0 Å². The van der Waals surface area contributed by atoms with Crippen LogP contribution in [0.4, 0.5) is 0 Å². The zero-order valence-electron chi connectivity index (χ0n) is 17.8. The summed E-state index contributed by atoms with van der Waals surface area (Å²) in [7, 11) is 1.81. The SMILES string of the molecule is CN=C(NCCCN1CC(C)CC(C)C1)NC1CCN(C(=O)C(C)C)C1.I. The van der Waals surface area contributed by atoms with E-state index in [9.17, 15) is 4.79 Å². The Morgan fingerprint density at radius 2 is 1.85 bits per heavy atom. The van der Waals surface area contributed by atoms with Crippen molar-refractivity contribution in [2.45, 2.75) is 53.0 Å². The Hall–Kier alpha value is -0.570. The van der Waals surface area contributed by atoms with Gasteiger partial charge in [0.05, 0.1) is 0 Å². The summed E-state index contributed by atoms with van der Waals surface area (Å²) in [5.41, 5.74) is 0. The van der Waals surface area contributed by atoms with Crippen LogP contribution in [-0.4, -0.2) is 74.0 Å². The molecule has 158 valence electrons. The molecule has 2 aliphatic heterocycles. The van der Waals surface area contributed by atoms with Crippen LogP contribution in [0.3, 0.4) is 0 Å². The van der Waals surface area contributed by atoms with E-state index in [0.717, 1.165) is 56.8 Å². The molecule has 2 N–H and O–H groups in total. The minimum Gasteiger partial charge on any atom is -0.356 e. The molecule has 0 aromatic carbocycles. The number of guanidine groups is 1. The molecule has 0 bridgehead atoms. The Morgan fingerprint density at radius 3 is 2.44 bits per heavy atom. The second-order valence-electron chi connectivity index (χ2n) is 8.63. The van der Waals surface area contributed by atoms with Crippen LogP contribution in [0.1, 0.15) is 47.0 Å². The topological polar surface area (TPSA) is 60.0 Å². The molecule has 0 radical (unpaired) electrons. The second-order valence-corrected chi connectivity index (χ2v) is 8.63. The van der Waals surface area contributed by atoms with Gasteiger partial charge in [0.1, 0.15) is 0 Å². The smallest absolute Gasteiger partial charge is 0.225 e. The maximum Gasteiger partial charge on any atom is 0.225 e. The monoisotopic (exact) mass is 493 g/mol. The normalized spacial score (nSPS) is 26.8. The minimum absolute atomic E-state index is 0. The highest BCUT2D eigenvalue weighted by Crippen LogP contribution is 2.20. The van der Waals surface area contributed by atoms with Crippen molar-refractivity contribution in [2.24, 2.45) is 22.7 Å². The number of carbonyl (C=O) groups is 1. The van der Waals surface area contributed by atoms with Gasteiger partial charge in [-0.15, -0.1) is 24.0 Å². The summed E-state index contributed by atoms with van der Waals surface area (Å²) >= 11 is 0. The third kappa shape index (κ3) is 8.13. The van der Waals surface area contributed by atoms with E-state index in [-0.39, 0.29) is 35.8 Å². The number of amides is 1. The van der Waals surface area contributed by atoms with Crippen LogP contribution in [0, 0.1) is 17.8 Å². The number of rotatable bonds is 6. The quantitative estimate of drug-likeness (QED) is 0.258. The van der Waals surface area contributed by atoms with Gasteiger partial charge in [-0.25, -0.2) is 0 Å². The number of hydrogen-bond acceptors (Lipinski definition) is 3. The Kier molecular flexibility index (Phi) is 11.0. The third-order valence-electron chi connectivity index (χ3n) is 5.45. The van der Waals surface area contributed by atoms with Crippen molar-refractivity contribution in [3.05, 3.63) is 0 Å². The highest BCUT2D eigenvalue weighted by Gasteiger charge is 2.28. The average Bonchev–Trinajstić information content (AvgIpc) is 3.04. The number of piperidine rings is 1. The zero-order chi connectivity index (χ0) is 19.1. The molecule has 6 nitrogen and oxygen atoms in total. The fourth-order valence-corrected chi connectivity index (χ4v) is 4.32. The van der Waals surface area contributed by atoms with E-state index in [1.54, 1.807) is 0 Å². The lowest BCUT2D eigenvalue weighted by atomic mass is 9.92. The standard InChI is InChI=1S/C20H39N5O.HI/c1-15(2)19(26)25-10-7-18(14-25)23-20(21-5)22-8-6-9-24-12-16(3)11-17(4)13-24;/h15-18H,6-14H2,1-5H3,(H2,21,22,23);1H. The highest BCUT2D eigenvalue weighted by atomic mass is 127. The van der Waals surface area contributed by atoms with E-state index in [4.69, 9.17) is 0 Å². The first-order valence-corrected chi connectivity index (χ1v) is 10.4. The van der Waals surface area contributed by atoms with Gasteiger partial charge in [0.15, 0.2) is 5.96 Å². The first kappa shape index (κ1) is 24.5. The summed E-state index contributed by atoms with van der Waals surface area (Å²) in [5.74, 6) is 2.82. The van der Waals surface area contributed by atoms with Gasteiger partial charge in [0.25, 0.3) is 0 Å². The molecule has 0 aromatic rings. The molecule has 2 rings (SSSR count). The molecule has 2 saturated heterocycles. The maximum absolute atomic E-state index is 12.1. The molecule has 0 spiro atoms. The predicted molar refractivity (Wildman–Crippen MR) is 124 cm³/mol. The first-order valence-electron chi connectivity index (χ1n) is 10.4. The molecule has 1 amide bonds. The molecular weight excluding hydrogens is 453 g/mol. The number of carbonyl (C=O) groups excluding carboxylic acids is 1. The summed E-state index contributed by atoms with van der Waals surface area (Å²) in [5, 5.41) is 6.91. The molecule has 0 aromatic heterocycles. The van der Waals surface area contributed by atoms with Gasteiger partial charge < -0.3 is 20.4 Å². The van der Waals surface area contributed by atoms with Crippen molar-refractivity contribution in [2.75, 3.05) is 46.3 Å². The largest absolute Gasteiger partial charge is 0.356 e. The van der Waals surface area contributed by atoms with Crippen LogP contribution in [0.2, 0.25) is 0 Å². The van der Waals surface area contributed by atoms with Crippen molar-refractivity contribution >= 4 is 35.8 Å². The van der Waals surface area contributed by atoms with Crippen LogP contribution < -0.4 is 10.6 Å². The van der Waals surface area contributed by atoms with Gasteiger partial charge in [-0.2, -0.15) is 0 Å². The number of likely N-dealkylation sites (tertiary alicyclic amines) is 2. The number of halogens is 1. The molecule has 3 atom stereocenters. The lowest BCUT2D eigenvalue weighted by molar-refractivity contribution is -0.133. The fourth-order valence-electron chi connectivity index (χ4n) is 4.32. The zero-order valence-corrected chi connectivity index (χ0v) is 20.2. The summed E-state index contributed by atoms with van der Waals surface area (Å²) in [6.45, 7) is 14.8. The summed E-state index contributed by atoms with van der Waals surface area (Å²) < 4.78 is 0. The molecule has 3 unspecified atom stereocenters. The molecule has 0 aliphatic carbocycles. The lowest BCUT2D eigenvalue weighted by Gasteiger charge is -2.35. The van der Waals surface area contributed by atoms with E-state index >= 15 is 0 Å². The molecule has 7 heteroatoms. The van der Waals surface area contributed by atoms with Crippen LogP contribution in [0.5, 0.6) is 0 Å². The van der Waals surface area contributed by atoms with Crippen molar-refractivity contribution in [3.8, 4) is 0 Å². The van der Waals surface area contributed by atoms with E-state index in [1.165, 1.54) is 19.5 Å². The molecule has 2 fully saturated rings. The molecule has 2 heterocycles. The predicted octanol–water partition coefficient (Wildman–Crippen LogP) is 2.39. The fraction of sp³-hybridized carbons (Fsp3) is 0.900. The van der Waals surface area contributed by atoms with Gasteiger partial charge in [-0.05, 0) is 37.6 Å². The number of nitrogens with one attached hydrogen (secondary N) is 2. The van der Waals surface area contributed by atoms with Crippen molar-refractivity contribution in [1.29, 1.82) is 0 Å². The van der Waals surface area contributed by atoms with Gasteiger partial charge in [-0.3, -0.25) is 9.79 Å². The Labute approximate surface area is 182 Å². The second kappa shape index (κ2) is 12.1. The Bertz CT molecular complexity index is 475. The maximum atomic E-state index is 12.1. The third-order valence-corrected chi connectivity index (χ3v) is 5.45. The average molecular weight is 493 g/mol. The summed E-state index contributed by atoms with van der Waals surface area (Å²) in [4.78, 5) is 21.0. The van der Waals surface area contributed by atoms with Crippen molar-refractivity contribution in [1.82, 2.24) is 20.4 Å². The highest BCUT2D eigenvalue weighted by molar-refractivity contribution is 14.0. The molecular formula is C20H40IN5O. The van der Waals surface area contributed by atoms with Crippen LogP contribution >= 0.6 is 24.0 Å². The lowest BCUT2D eigenvalue weighted by Crippen LogP contribution is -2.46. The number of hydrogen-bond donors (Lipinski definition) is 2. The summed E-state index contributed by atoms with van der Waals surface area (Å²) in [6, 6.07) is 0.299. The van der Waals surface area contributed by atoms with Gasteiger partial charge in [0.2, 0.25) is 5.91 Å². The van der Waals surface area contributed by atoms with Crippen LogP contribution in [-0.2, 0) is 4.79 Å². The Balaban J connectivity index is 0.00000364. The van der Waals surface area contributed by atoms with E-state index < -0.39 is 0 Å². The molecule has 0 saturated carbocycles. The summed E-state index contributed by atoms with van der Waals surface area (Å²) in [6.07, 6.45) is 3.48. The van der Waals surface area contributed by atoms with Crippen molar-refractivity contribution < 1.29 is 4.79 Å². The van der Waals surface area contributed by atoms with E-state index in [1.807, 2.05) is 25.8 Å². The van der Waals surface area contributed by atoms with Crippen LogP contribution in [0.15, 0.2) is 4.99 Å². The van der Waals surface area contributed by atoms with Gasteiger partial charge in [-0.1, -0.05) is 27.7 Å².